The van der Waals surface area contributed by atoms with E-state index in [2.05, 4.69) is 13.8 Å². The van der Waals surface area contributed by atoms with Crippen LogP contribution < -0.4 is 0 Å². The highest BCUT2D eigenvalue weighted by molar-refractivity contribution is 4.76. The number of aliphatic hydroxyl groups is 1. The molecule has 0 radical (unpaired) electrons. The highest BCUT2D eigenvalue weighted by atomic mass is 16.5. The third kappa shape index (κ3) is 2.76. The first-order valence-electron chi connectivity index (χ1n) is 4.93. The molecule has 12 heavy (non-hydrogen) atoms. The van der Waals surface area contributed by atoms with E-state index >= 15 is 0 Å². The van der Waals surface area contributed by atoms with E-state index < -0.39 is 0 Å². The maximum atomic E-state index is 9.16. The molecule has 2 heteroatoms. The van der Waals surface area contributed by atoms with E-state index in [0.717, 1.165) is 19.3 Å². The van der Waals surface area contributed by atoms with Crippen molar-refractivity contribution < 1.29 is 9.84 Å². The summed E-state index contributed by atoms with van der Waals surface area (Å²) >= 11 is 0. The van der Waals surface area contributed by atoms with Crippen molar-refractivity contribution >= 4 is 0 Å². The lowest BCUT2D eigenvalue weighted by molar-refractivity contribution is -0.00296. The zero-order valence-electron chi connectivity index (χ0n) is 8.29. The van der Waals surface area contributed by atoms with E-state index in [4.69, 9.17) is 9.84 Å². The molecule has 0 aromatic carbocycles. The third-order valence-electron chi connectivity index (χ3n) is 2.49. The van der Waals surface area contributed by atoms with E-state index in [1.54, 1.807) is 0 Å². The van der Waals surface area contributed by atoms with Gasteiger partial charge in [-0.05, 0) is 32.1 Å². The Morgan fingerprint density at radius 1 is 1.33 bits per heavy atom. The summed E-state index contributed by atoms with van der Waals surface area (Å²) in [7, 11) is 0. The van der Waals surface area contributed by atoms with Crippen molar-refractivity contribution in [2.45, 2.75) is 58.3 Å². The van der Waals surface area contributed by atoms with Gasteiger partial charge in [0.1, 0.15) is 0 Å². The van der Waals surface area contributed by atoms with Gasteiger partial charge in [0.15, 0.2) is 0 Å². The van der Waals surface area contributed by atoms with Gasteiger partial charge in [-0.25, -0.2) is 0 Å². The van der Waals surface area contributed by atoms with E-state index in [9.17, 15) is 0 Å². The van der Waals surface area contributed by atoms with Gasteiger partial charge in [0, 0.05) is 0 Å². The second-order valence-electron chi connectivity index (χ2n) is 4.20. The fourth-order valence-electron chi connectivity index (χ4n) is 1.78. The zero-order valence-corrected chi connectivity index (χ0v) is 8.29. The minimum atomic E-state index is -0.221. The molecule has 1 aliphatic heterocycles. The largest absolute Gasteiger partial charge is 0.393 e. The monoisotopic (exact) mass is 172 g/mol. The van der Waals surface area contributed by atoms with Gasteiger partial charge in [0.25, 0.3) is 0 Å². The highest BCUT2D eigenvalue weighted by Crippen LogP contribution is 2.27. The van der Waals surface area contributed by atoms with Gasteiger partial charge in [0.05, 0.1) is 18.3 Å². The Balaban J connectivity index is 2.26. The van der Waals surface area contributed by atoms with Crippen molar-refractivity contribution in [3.8, 4) is 0 Å². The minimum absolute atomic E-state index is 0.221. The summed E-state index contributed by atoms with van der Waals surface area (Å²) in [6.45, 7) is 6.21. The number of hydrogen-bond acceptors (Lipinski definition) is 2. The summed E-state index contributed by atoms with van der Waals surface area (Å²) in [5, 5.41) is 9.16. The van der Waals surface area contributed by atoms with Crippen molar-refractivity contribution in [1.29, 1.82) is 0 Å². The maximum absolute atomic E-state index is 9.16. The first kappa shape index (κ1) is 10.0. The summed E-state index contributed by atoms with van der Waals surface area (Å²) in [5.74, 6) is 0.615. The molecule has 1 heterocycles. The smallest absolute Gasteiger partial charge is 0.0604 e. The van der Waals surface area contributed by atoms with Crippen molar-refractivity contribution in [2.24, 2.45) is 5.92 Å². The van der Waals surface area contributed by atoms with Crippen molar-refractivity contribution in [3.05, 3.63) is 0 Å². The van der Waals surface area contributed by atoms with E-state index in [1.807, 2.05) is 6.92 Å². The lowest BCUT2D eigenvalue weighted by Gasteiger charge is -2.17. The Labute approximate surface area is 74.9 Å². The Morgan fingerprint density at radius 3 is 2.42 bits per heavy atom. The zero-order chi connectivity index (χ0) is 9.14. The van der Waals surface area contributed by atoms with Crippen LogP contribution >= 0.6 is 0 Å². The number of aliphatic hydroxyl groups excluding tert-OH is 1. The number of rotatable bonds is 3. The fraction of sp³-hybridized carbons (Fsp3) is 1.00. The minimum Gasteiger partial charge on any atom is -0.393 e. The second kappa shape index (κ2) is 4.24. The van der Waals surface area contributed by atoms with Gasteiger partial charge in [-0.3, -0.25) is 0 Å². The molecule has 0 aromatic rings. The van der Waals surface area contributed by atoms with Crippen molar-refractivity contribution in [3.63, 3.8) is 0 Å². The number of hydrogen-bond donors (Lipinski definition) is 1. The Hall–Kier alpha value is -0.0800. The van der Waals surface area contributed by atoms with Gasteiger partial charge in [-0.2, -0.15) is 0 Å². The second-order valence-corrected chi connectivity index (χ2v) is 4.20. The van der Waals surface area contributed by atoms with E-state index in [-0.39, 0.29) is 6.10 Å². The van der Waals surface area contributed by atoms with E-state index in [1.165, 1.54) is 0 Å². The van der Waals surface area contributed by atoms with Crippen LogP contribution in [0.25, 0.3) is 0 Å². The SMILES string of the molecule is CC(O)CC1CCC(C(C)C)O1. The van der Waals surface area contributed by atoms with Crippen molar-refractivity contribution in [2.75, 3.05) is 0 Å². The Kier molecular flexibility index (Phi) is 3.53. The summed E-state index contributed by atoms with van der Waals surface area (Å²) in [5.41, 5.74) is 0. The molecule has 1 fully saturated rings. The van der Waals surface area contributed by atoms with Gasteiger partial charge < -0.3 is 9.84 Å². The average molecular weight is 172 g/mol. The molecule has 0 saturated carbocycles. The first-order valence-corrected chi connectivity index (χ1v) is 4.93. The summed E-state index contributed by atoms with van der Waals surface area (Å²) < 4.78 is 5.77. The van der Waals surface area contributed by atoms with Crippen LogP contribution in [0.15, 0.2) is 0 Å². The molecule has 1 rings (SSSR count). The standard InChI is InChI=1S/C10H20O2/c1-7(2)10-5-4-9(12-10)6-8(3)11/h7-11H,4-6H2,1-3H3. The normalized spacial score (nSPS) is 32.8. The molecule has 1 N–H and O–H groups in total. The first-order chi connectivity index (χ1) is 5.59. The summed E-state index contributed by atoms with van der Waals surface area (Å²) in [4.78, 5) is 0. The van der Waals surface area contributed by atoms with Crippen LogP contribution in [-0.4, -0.2) is 23.4 Å². The van der Waals surface area contributed by atoms with Crippen LogP contribution in [0, 0.1) is 5.92 Å². The molecule has 3 unspecified atom stereocenters. The molecule has 0 aliphatic carbocycles. The van der Waals surface area contributed by atoms with Crippen LogP contribution in [0.2, 0.25) is 0 Å². The van der Waals surface area contributed by atoms with Gasteiger partial charge in [-0.15, -0.1) is 0 Å². The lowest BCUT2D eigenvalue weighted by atomic mass is 10.0. The van der Waals surface area contributed by atoms with Crippen LogP contribution in [0.4, 0.5) is 0 Å². The van der Waals surface area contributed by atoms with Crippen LogP contribution in [0.1, 0.15) is 40.0 Å². The Bertz CT molecular complexity index is 132. The topological polar surface area (TPSA) is 29.5 Å². The molecule has 1 saturated heterocycles. The predicted octanol–water partition coefficient (Wildman–Crippen LogP) is 1.96. The molecule has 0 aromatic heterocycles. The molecule has 3 atom stereocenters. The van der Waals surface area contributed by atoms with Gasteiger partial charge in [0.2, 0.25) is 0 Å². The van der Waals surface area contributed by atoms with Crippen LogP contribution in [-0.2, 0) is 4.74 Å². The average Bonchev–Trinajstić information content (AvgIpc) is 2.34. The molecular formula is C10H20O2. The quantitative estimate of drug-likeness (QED) is 0.705. The third-order valence-corrected chi connectivity index (χ3v) is 2.49. The Morgan fingerprint density at radius 2 is 2.00 bits per heavy atom. The molecule has 0 spiro atoms. The molecule has 0 amide bonds. The highest BCUT2D eigenvalue weighted by Gasteiger charge is 2.27. The summed E-state index contributed by atoms with van der Waals surface area (Å²) in [6, 6.07) is 0. The van der Waals surface area contributed by atoms with Gasteiger partial charge >= 0.3 is 0 Å². The molecule has 1 aliphatic rings. The number of ether oxygens (including phenoxy) is 1. The lowest BCUT2D eigenvalue weighted by Crippen LogP contribution is -2.19. The fourth-order valence-corrected chi connectivity index (χ4v) is 1.78. The molecule has 2 nitrogen and oxygen atoms in total. The van der Waals surface area contributed by atoms with E-state index in [0.29, 0.717) is 18.1 Å². The van der Waals surface area contributed by atoms with Crippen molar-refractivity contribution in [1.82, 2.24) is 0 Å². The molecule has 72 valence electrons. The summed E-state index contributed by atoms with van der Waals surface area (Å²) in [6.07, 6.45) is 3.58. The van der Waals surface area contributed by atoms with Crippen LogP contribution in [0.5, 0.6) is 0 Å². The maximum Gasteiger partial charge on any atom is 0.0604 e. The predicted molar refractivity (Wildman–Crippen MR) is 49.0 cm³/mol. The molecular weight excluding hydrogens is 152 g/mol. The van der Waals surface area contributed by atoms with Gasteiger partial charge in [-0.1, -0.05) is 13.8 Å². The molecule has 0 bridgehead atoms. The van der Waals surface area contributed by atoms with Crippen LogP contribution in [0.3, 0.4) is 0 Å².